The molecule has 0 atom stereocenters. The van der Waals surface area contributed by atoms with Crippen LogP contribution in [-0.2, 0) is 6.54 Å². The summed E-state index contributed by atoms with van der Waals surface area (Å²) in [6, 6.07) is 17.1. The fourth-order valence-electron chi connectivity index (χ4n) is 1.11. The molecule has 2 rings (SSSR count). The zero-order valence-corrected chi connectivity index (χ0v) is 9.14. The molecule has 3 nitrogen and oxygen atoms in total. The Hall–Kier alpha value is -2.00. The van der Waals surface area contributed by atoms with Crippen molar-refractivity contribution >= 4 is 11.4 Å². The van der Waals surface area contributed by atoms with Crippen molar-refractivity contribution in [1.29, 1.82) is 0 Å². The van der Waals surface area contributed by atoms with Gasteiger partial charge in [0, 0.05) is 17.9 Å². The van der Waals surface area contributed by atoms with Gasteiger partial charge in [-0.1, -0.05) is 30.3 Å². The van der Waals surface area contributed by atoms with Crippen molar-refractivity contribution in [3.05, 3.63) is 60.2 Å². The summed E-state index contributed by atoms with van der Waals surface area (Å²) in [5, 5.41) is 0. The highest BCUT2D eigenvalue weighted by atomic mass is 14.6. The first kappa shape index (κ1) is 12.1. The Morgan fingerprint density at radius 1 is 0.688 bits per heavy atom. The molecule has 16 heavy (non-hydrogen) atoms. The molecular weight excluding hydrogens is 198 g/mol. The lowest BCUT2D eigenvalue weighted by molar-refractivity contribution is 1.07. The van der Waals surface area contributed by atoms with Gasteiger partial charge in [-0.2, -0.15) is 0 Å². The Balaban J connectivity index is 0.000000160. The average Bonchev–Trinajstić information content (AvgIpc) is 2.35. The third-order valence-electron chi connectivity index (χ3n) is 2.01. The van der Waals surface area contributed by atoms with Crippen LogP contribution in [0.2, 0.25) is 0 Å². The lowest BCUT2D eigenvalue weighted by Gasteiger charge is -1.90. The van der Waals surface area contributed by atoms with E-state index < -0.39 is 0 Å². The van der Waals surface area contributed by atoms with E-state index in [1.807, 2.05) is 30.3 Å². The summed E-state index contributed by atoms with van der Waals surface area (Å²) in [6.07, 6.45) is 0. The van der Waals surface area contributed by atoms with E-state index in [-0.39, 0.29) is 0 Å². The van der Waals surface area contributed by atoms with Crippen molar-refractivity contribution in [1.82, 2.24) is 0 Å². The van der Waals surface area contributed by atoms with E-state index in [9.17, 15) is 0 Å². The quantitative estimate of drug-likeness (QED) is 0.637. The summed E-state index contributed by atoms with van der Waals surface area (Å²) in [7, 11) is 0. The number of nitrogen functional groups attached to an aromatic ring is 2. The molecule has 0 unspecified atom stereocenters. The van der Waals surface area contributed by atoms with Crippen molar-refractivity contribution in [2.24, 2.45) is 5.73 Å². The first-order chi connectivity index (χ1) is 7.72. The van der Waals surface area contributed by atoms with Crippen molar-refractivity contribution in [3.8, 4) is 0 Å². The Labute approximate surface area is 95.9 Å². The molecule has 0 aliphatic carbocycles. The first-order valence-corrected chi connectivity index (χ1v) is 5.07. The summed E-state index contributed by atoms with van der Waals surface area (Å²) in [5.74, 6) is 0. The van der Waals surface area contributed by atoms with Gasteiger partial charge in [0.25, 0.3) is 0 Å². The predicted molar refractivity (Wildman–Crippen MR) is 69.6 cm³/mol. The lowest BCUT2D eigenvalue weighted by atomic mass is 10.2. The molecule has 0 fully saturated rings. The minimum absolute atomic E-state index is 0.640. The number of anilines is 2. The lowest BCUT2D eigenvalue weighted by Crippen LogP contribution is -1.94. The van der Waals surface area contributed by atoms with Crippen LogP contribution in [0.5, 0.6) is 0 Å². The summed E-state index contributed by atoms with van der Waals surface area (Å²) in [4.78, 5) is 0. The van der Waals surface area contributed by atoms with Crippen LogP contribution in [0.4, 0.5) is 11.4 Å². The molecule has 84 valence electrons. The molecule has 2 aromatic rings. The molecule has 0 amide bonds. The normalized spacial score (nSPS) is 9.06. The van der Waals surface area contributed by atoms with E-state index in [0.717, 1.165) is 11.4 Å². The van der Waals surface area contributed by atoms with Gasteiger partial charge in [0.15, 0.2) is 0 Å². The van der Waals surface area contributed by atoms with Gasteiger partial charge in [0.1, 0.15) is 0 Å². The molecule has 0 aliphatic rings. The minimum Gasteiger partial charge on any atom is -0.399 e. The number of hydrogen-bond acceptors (Lipinski definition) is 3. The van der Waals surface area contributed by atoms with Crippen LogP contribution in [0.3, 0.4) is 0 Å². The second-order valence-corrected chi connectivity index (χ2v) is 3.36. The average molecular weight is 215 g/mol. The van der Waals surface area contributed by atoms with E-state index in [4.69, 9.17) is 17.2 Å². The monoisotopic (exact) mass is 215 g/mol. The first-order valence-electron chi connectivity index (χ1n) is 5.07. The van der Waals surface area contributed by atoms with Crippen LogP contribution >= 0.6 is 0 Å². The topological polar surface area (TPSA) is 78.1 Å². The van der Waals surface area contributed by atoms with Gasteiger partial charge in [-0.25, -0.2) is 0 Å². The van der Waals surface area contributed by atoms with Crippen molar-refractivity contribution in [3.63, 3.8) is 0 Å². The predicted octanol–water partition coefficient (Wildman–Crippen LogP) is 2.00. The van der Waals surface area contributed by atoms with E-state index in [0.29, 0.717) is 6.54 Å². The van der Waals surface area contributed by atoms with Crippen molar-refractivity contribution in [2.75, 3.05) is 11.5 Å². The van der Waals surface area contributed by atoms with Gasteiger partial charge in [-0.3, -0.25) is 0 Å². The number of rotatable bonds is 1. The van der Waals surface area contributed by atoms with Crippen LogP contribution in [0, 0.1) is 0 Å². The third-order valence-corrected chi connectivity index (χ3v) is 2.01. The van der Waals surface area contributed by atoms with Crippen molar-refractivity contribution < 1.29 is 0 Å². The highest BCUT2D eigenvalue weighted by Gasteiger charge is 1.81. The molecular formula is C13H17N3. The molecule has 6 N–H and O–H groups in total. The number of benzene rings is 2. The molecule has 0 radical (unpaired) electrons. The Kier molecular flexibility index (Phi) is 4.89. The summed E-state index contributed by atoms with van der Waals surface area (Å²) in [5.41, 5.74) is 18.8. The Morgan fingerprint density at radius 3 is 1.44 bits per heavy atom. The maximum atomic E-state index is 5.37. The highest BCUT2D eigenvalue weighted by molar-refractivity contribution is 5.47. The van der Waals surface area contributed by atoms with Crippen LogP contribution in [-0.4, -0.2) is 0 Å². The number of nitrogens with two attached hydrogens (primary N) is 3. The molecule has 0 heterocycles. The zero-order valence-electron chi connectivity index (χ0n) is 9.14. The van der Waals surface area contributed by atoms with Crippen molar-refractivity contribution in [2.45, 2.75) is 6.54 Å². The van der Waals surface area contributed by atoms with Crippen LogP contribution in [0.15, 0.2) is 54.6 Å². The van der Waals surface area contributed by atoms with Crippen LogP contribution in [0.1, 0.15) is 5.56 Å². The molecule has 0 saturated carbocycles. The molecule has 2 aromatic carbocycles. The molecule has 0 spiro atoms. The summed E-state index contributed by atoms with van der Waals surface area (Å²) < 4.78 is 0. The van der Waals surface area contributed by atoms with Crippen LogP contribution < -0.4 is 17.2 Å². The third kappa shape index (κ3) is 4.48. The minimum atomic E-state index is 0.640. The molecule has 0 bridgehead atoms. The Morgan fingerprint density at radius 2 is 1.12 bits per heavy atom. The fourth-order valence-corrected chi connectivity index (χ4v) is 1.11. The standard InChI is InChI=1S/C7H9N.C6H8N2/c8-6-7-4-2-1-3-5-7;7-5-1-2-6(8)4-3-5/h1-5H,6,8H2;1-4H,7-8H2. The van der Waals surface area contributed by atoms with Gasteiger partial charge in [-0.05, 0) is 29.8 Å². The second kappa shape index (κ2) is 6.48. The van der Waals surface area contributed by atoms with Gasteiger partial charge in [0.05, 0.1) is 0 Å². The fraction of sp³-hybridized carbons (Fsp3) is 0.0769. The Bertz CT molecular complexity index is 374. The van der Waals surface area contributed by atoms with Gasteiger partial charge in [-0.15, -0.1) is 0 Å². The second-order valence-electron chi connectivity index (χ2n) is 3.36. The summed E-state index contributed by atoms with van der Waals surface area (Å²) >= 11 is 0. The molecule has 0 aliphatic heterocycles. The van der Waals surface area contributed by atoms with E-state index in [1.54, 1.807) is 24.3 Å². The molecule has 0 saturated heterocycles. The zero-order chi connectivity index (χ0) is 11.8. The maximum Gasteiger partial charge on any atom is 0.0315 e. The largest absolute Gasteiger partial charge is 0.399 e. The van der Waals surface area contributed by atoms with Gasteiger partial charge >= 0.3 is 0 Å². The van der Waals surface area contributed by atoms with E-state index in [1.165, 1.54) is 5.56 Å². The molecule has 0 aromatic heterocycles. The SMILES string of the molecule is NCc1ccccc1.Nc1ccc(N)cc1. The molecule has 3 heteroatoms. The van der Waals surface area contributed by atoms with Gasteiger partial charge in [0.2, 0.25) is 0 Å². The van der Waals surface area contributed by atoms with E-state index >= 15 is 0 Å². The van der Waals surface area contributed by atoms with Crippen LogP contribution in [0.25, 0.3) is 0 Å². The highest BCUT2D eigenvalue weighted by Crippen LogP contribution is 2.04. The van der Waals surface area contributed by atoms with Gasteiger partial charge < -0.3 is 17.2 Å². The van der Waals surface area contributed by atoms with E-state index in [2.05, 4.69) is 0 Å². The summed E-state index contributed by atoms with van der Waals surface area (Å²) in [6.45, 7) is 0.640. The smallest absolute Gasteiger partial charge is 0.0315 e. The maximum absolute atomic E-state index is 5.37. The number of hydrogen-bond donors (Lipinski definition) is 3.